The van der Waals surface area contributed by atoms with Crippen LogP contribution in [0.2, 0.25) is 0 Å². The van der Waals surface area contributed by atoms with Gasteiger partial charge >= 0.3 is 0 Å². The molecule has 0 aliphatic rings. The zero-order valence-electron chi connectivity index (χ0n) is 8.28. The van der Waals surface area contributed by atoms with Gasteiger partial charge in [0.1, 0.15) is 0 Å². The lowest BCUT2D eigenvalue weighted by molar-refractivity contribution is 0.862. The van der Waals surface area contributed by atoms with Crippen molar-refractivity contribution in [2.24, 2.45) is 0 Å². The van der Waals surface area contributed by atoms with E-state index >= 15 is 0 Å². The molecule has 0 unspecified atom stereocenters. The fourth-order valence-corrected chi connectivity index (χ4v) is 1.12. The average Bonchev–Trinajstić information content (AvgIpc) is 2.03. The molecule has 0 fully saturated rings. The molecule has 0 aromatic carbocycles. The average molecular weight is 152 g/mol. The van der Waals surface area contributed by atoms with Gasteiger partial charge in [0, 0.05) is 0 Å². The van der Waals surface area contributed by atoms with Gasteiger partial charge in [-0.2, -0.15) is 0 Å². The molecule has 0 aromatic heterocycles. The number of hydrogen-bond acceptors (Lipinski definition) is 0. The third kappa shape index (κ3) is 4.83. The largest absolute Gasteiger partial charge is 0.0884 e. The SMILES string of the molecule is CC=C(CCC)C/C(C)=C\C. The van der Waals surface area contributed by atoms with Crippen molar-refractivity contribution in [2.75, 3.05) is 0 Å². The Morgan fingerprint density at radius 3 is 2.18 bits per heavy atom. The first-order valence-corrected chi connectivity index (χ1v) is 4.50. The fraction of sp³-hybridized carbons (Fsp3) is 0.636. The van der Waals surface area contributed by atoms with Gasteiger partial charge in [-0.1, -0.05) is 36.6 Å². The first-order valence-electron chi connectivity index (χ1n) is 4.50. The van der Waals surface area contributed by atoms with Crippen LogP contribution in [0.4, 0.5) is 0 Å². The summed E-state index contributed by atoms with van der Waals surface area (Å²) < 4.78 is 0. The number of rotatable bonds is 4. The molecule has 0 atom stereocenters. The lowest BCUT2D eigenvalue weighted by Crippen LogP contribution is -1.84. The van der Waals surface area contributed by atoms with Crippen LogP contribution < -0.4 is 0 Å². The molecule has 0 saturated carbocycles. The summed E-state index contributed by atoms with van der Waals surface area (Å²) in [5.74, 6) is 0. The summed E-state index contributed by atoms with van der Waals surface area (Å²) in [6.45, 7) is 8.66. The van der Waals surface area contributed by atoms with E-state index < -0.39 is 0 Å². The first-order chi connectivity index (χ1) is 5.24. The van der Waals surface area contributed by atoms with Crippen molar-refractivity contribution < 1.29 is 0 Å². The standard InChI is InChI=1S/C11H20/c1-5-8-11(7-3)9-10(4)6-2/h6-7H,5,8-9H2,1-4H3/b10-6-,11-7?. The Labute approximate surface area is 71.0 Å². The topological polar surface area (TPSA) is 0 Å². The summed E-state index contributed by atoms with van der Waals surface area (Å²) in [6.07, 6.45) is 8.12. The molecule has 0 bridgehead atoms. The molecule has 0 heterocycles. The Kier molecular flexibility index (Phi) is 5.91. The third-order valence-corrected chi connectivity index (χ3v) is 1.98. The van der Waals surface area contributed by atoms with Gasteiger partial charge in [-0.3, -0.25) is 0 Å². The monoisotopic (exact) mass is 152 g/mol. The molecule has 0 saturated heterocycles. The Morgan fingerprint density at radius 2 is 1.82 bits per heavy atom. The van der Waals surface area contributed by atoms with Crippen LogP contribution in [0.5, 0.6) is 0 Å². The molecular formula is C11H20. The van der Waals surface area contributed by atoms with Crippen LogP contribution in [0.3, 0.4) is 0 Å². The lowest BCUT2D eigenvalue weighted by Gasteiger charge is -2.04. The van der Waals surface area contributed by atoms with Crippen molar-refractivity contribution in [1.29, 1.82) is 0 Å². The van der Waals surface area contributed by atoms with Crippen LogP contribution in [-0.4, -0.2) is 0 Å². The van der Waals surface area contributed by atoms with Gasteiger partial charge in [0.2, 0.25) is 0 Å². The van der Waals surface area contributed by atoms with Crippen LogP contribution >= 0.6 is 0 Å². The molecule has 0 radical (unpaired) electrons. The Bertz CT molecular complexity index is 149. The summed E-state index contributed by atoms with van der Waals surface area (Å²) in [4.78, 5) is 0. The number of hydrogen-bond donors (Lipinski definition) is 0. The Balaban J connectivity index is 3.89. The van der Waals surface area contributed by atoms with Crippen LogP contribution in [0.1, 0.15) is 47.0 Å². The molecule has 0 rings (SSSR count). The molecule has 0 aliphatic heterocycles. The second-order valence-electron chi connectivity index (χ2n) is 3.01. The normalized spacial score (nSPS) is 13.8. The first kappa shape index (κ1) is 10.5. The van der Waals surface area contributed by atoms with Gasteiger partial charge in [0.25, 0.3) is 0 Å². The smallest absolute Gasteiger partial charge is 0.0111 e. The van der Waals surface area contributed by atoms with E-state index in [4.69, 9.17) is 0 Å². The van der Waals surface area contributed by atoms with E-state index in [2.05, 4.69) is 39.8 Å². The minimum atomic E-state index is 1.17. The van der Waals surface area contributed by atoms with Gasteiger partial charge in [-0.05, 0) is 33.6 Å². The summed E-state index contributed by atoms with van der Waals surface area (Å²) in [7, 11) is 0. The van der Waals surface area contributed by atoms with E-state index in [1.54, 1.807) is 5.57 Å². The molecule has 0 spiro atoms. The maximum atomic E-state index is 2.25. The fourth-order valence-electron chi connectivity index (χ4n) is 1.12. The molecule has 0 nitrogen and oxygen atoms in total. The molecule has 0 N–H and O–H groups in total. The highest BCUT2D eigenvalue weighted by Gasteiger charge is 1.94. The van der Waals surface area contributed by atoms with E-state index in [-0.39, 0.29) is 0 Å². The minimum absolute atomic E-state index is 1.17. The molecule has 0 heteroatoms. The second-order valence-corrected chi connectivity index (χ2v) is 3.01. The quantitative estimate of drug-likeness (QED) is 0.532. The van der Waals surface area contributed by atoms with Crippen molar-refractivity contribution in [2.45, 2.75) is 47.0 Å². The molecule has 0 aliphatic carbocycles. The van der Waals surface area contributed by atoms with E-state index in [0.29, 0.717) is 0 Å². The number of allylic oxidation sites excluding steroid dienone is 4. The van der Waals surface area contributed by atoms with Crippen molar-refractivity contribution in [3.05, 3.63) is 23.3 Å². The highest BCUT2D eigenvalue weighted by molar-refractivity contribution is 5.12. The molecule has 64 valence electrons. The van der Waals surface area contributed by atoms with Crippen LogP contribution in [0, 0.1) is 0 Å². The third-order valence-electron chi connectivity index (χ3n) is 1.98. The lowest BCUT2D eigenvalue weighted by atomic mass is 10.0. The van der Waals surface area contributed by atoms with Crippen molar-refractivity contribution >= 4 is 0 Å². The molecular weight excluding hydrogens is 132 g/mol. The summed E-state index contributed by atoms with van der Waals surface area (Å²) >= 11 is 0. The Hall–Kier alpha value is -0.520. The second kappa shape index (κ2) is 6.21. The van der Waals surface area contributed by atoms with Crippen LogP contribution in [-0.2, 0) is 0 Å². The maximum Gasteiger partial charge on any atom is -0.0111 e. The zero-order valence-corrected chi connectivity index (χ0v) is 8.28. The molecule has 11 heavy (non-hydrogen) atoms. The predicted octanol–water partition coefficient (Wildman–Crippen LogP) is 4.09. The highest BCUT2D eigenvalue weighted by Crippen LogP contribution is 2.14. The van der Waals surface area contributed by atoms with E-state index in [1.165, 1.54) is 24.8 Å². The van der Waals surface area contributed by atoms with Gasteiger partial charge in [-0.25, -0.2) is 0 Å². The van der Waals surface area contributed by atoms with E-state index in [1.807, 2.05) is 0 Å². The Morgan fingerprint density at radius 1 is 1.18 bits per heavy atom. The van der Waals surface area contributed by atoms with E-state index in [9.17, 15) is 0 Å². The van der Waals surface area contributed by atoms with Gasteiger partial charge in [0.05, 0.1) is 0 Å². The summed E-state index contributed by atoms with van der Waals surface area (Å²) in [5, 5.41) is 0. The highest BCUT2D eigenvalue weighted by atomic mass is 14.0. The van der Waals surface area contributed by atoms with Crippen LogP contribution in [0.15, 0.2) is 23.3 Å². The summed E-state index contributed by atoms with van der Waals surface area (Å²) in [5.41, 5.74) is 3.05. The van der Waals surface area contributed by atoms with Crippen molar-refractivity contribution in [1.82, 2.24) is 0 Å². The van der Waals surface area contributed by atoms with Gasteiger partial charge in [0.15, 0.2) is 0 Å². The minimum Gasteiger partial charge on any atom is -0.0884 e. The summed E-state index contributed by atoms with van der Waals surface area (Å²) in [6, 6.07) is 0. The van der Waals surface area contributed by atoms with Gasteiger partial charge < -0.3 is 0 Å². The molecule has 0 aromatic rings. The van der Waals surface area contributed by atoms with E-state index in [0.717, 1.165) is 0 Å². The maximum absolute atomic E-state index is 2.25. The zero-order chi connectivity index (χ0) is 8.69. The van der Waals surface area contributed by atoms with Gasteiger partial charge in [-0.15, -0.1) is 0 Å². The van der Waals surface area contributed by atoms with Crippen LogP contribution in [0.25, 0.3) is 0 Å². The predicted molar refractivity (Wildman–Crippen MR) is 52.7 cm³/mol. The van der Waals surface area contributed by atoms with Crippen molar-refractivity contribution in [3.8, 4) is 0 Å². The molecule has 0 amide bonds. The van der Waals surface area contributed by atoms with Crippen molar-refractivity contribution in [3.63, 3.8) is 0 Å².